The molecular formula is C22H24N4O3S. The molecule has 8 heteroatoms. The molecule has 156 valence electrons. The second-order valence-electron chi connectivity index (χ2n) is 7.92. The molecule has 1 aliphatic carbocycles. The number of para-hydroxylation sites is 2. The number of carbonyl (C=O) groups excluding carboxylic acids is 2. The number of H-pyrrole nitrogens is 1. The van der Waals surface area contributed by atoms with E-state index in [1.165, 1.54) is 11.3 Å². The Bertz CT molecular complexity index is 1050. The summed E-state index contributed by atoms with van der Waals surface area (Å²) < 4.78 is 5.31. The summed E-state index contributed by atoms with van der Waals surface area (Å²) in [6.07, 6.45) is 0.809. The number of morpholine rings is 1. The number of nitrogens with zero attached hydrogens (tertiary/aromatic N) is 2. The molecule has 2 amide bonds. The Morgan fingerprint density at radius 3 is 2.83 bits per heavy atom. The van der Waals surface area contributed by atoms with Crippen LogP contribution in [0, 0.1) is 5.92 Å². The molecule has 1 aliphatic heterocycles. The van der Waals surface area contributed by atoms with Gasteiger partial charge in [-0.25, -0.2) is 4.98 Å². The molecule has 1 saturated heterocycles. The first-order valence-corrected chi connectivity index (χ1v) is 11.1. The molecule has 0 spiro atoms. The van der Waals surface area contributed by atoms with Gasteiger partial charge in [0.25, 0.3) is 5.91 Å². The minimum absolute atomic E-state index is 0.0419. The lowest BCUT2D eigenvalue weighted by molar-refractivity contribution is -0.123. The van der Waals surface area contributed by atoms with Crippen LogP contribution in [0.1, 0.15) is 45.7 Å². The Hall–Kier alpha value is -2.71. The van der Waals surface area contributed by atoms with Crippen LogP contribution in [0.2, 0.25) is 0 Å². The topological polar surface area (TPSA) is 87.3 Å². The second-order valence-corrected chi connectivity index (χ2v) is 9.04. The van der Waals surface area contributed by atoms with Crippen molar-refractivity contribution < 1.29 is 14.3 Å². The van der Waals surface area contributed by atoms with Gasteiger partial charge in [-0.15, -0.1) is 11.3 Å². The van der Waals surface area contributed by atoms with Crippen LogP contribution in [-0.2, 0) is 9.53 Å². The number of hydrogen-bond acceptors (Lipinski definition) is 5. The van der Waals surface area contributed by atoms with Crippen LogP contribution in [0.4, 0.5) is 0 Å². The normalized spacial score (nSPS) is 22.1. The van der Waals surface area contributed by atoms with E-state index in [1.54, 1.807) is 0 Å². The number of fused-ring (bicyclic) bond motifs is 1. The van der Waals surface area contributed by atoms with Crippen molar-refractivity contribution >= 4 is 34.2 Å². The van der Waals surface area contributed by atoms with E-state index in [4.69, 9.17) is 4.74 Å². The predicted octanol–water partition coefficient (Wildman–Crippen LogP) is 3.08. The Labute approximate surface area is 178 Å². The van der Waals surface area contributed by atoms with E-state index in [9.17, 15) is 9.59 Å². The lowest BCUT2D eigenvalue weighted by atomic mass is 10.2. The average Bonchev–Trinajstić information content (AvgIpc) is 3.21. The number of aromatic amines is 1. The van der Waals surface area contributed by atoms with E-state index >= 15 is 0 Å². The van der Waals surface area contributed by atoms with Crippen LogP contribution >= 0.6 is 11.3 Å². The third-order valence-electron chi connectivity index (χ3n) is 5.81. The largest absolute Gasteiger partial charge is 0.378 e. The average molecular weight is 425 g/mol. The summed E-state index contributed by atoms with van der Waals surface area (Å²) in [6.45, 7) is 4.40. The highest BCUT2D eigenvalue weighted by molar-refractivity contribution is 7.14. The third-order valence-corrected chi connectivity index (χ3v) is 7.06. The van der Waals surface area contributed by atoms with Gasteiger partial charge in [0.15, 0.2) is 0 Å². The van der Waals surface area contributed by atoms with Crippen LogP contribution in [0.15, 0.2) is 36.4 Å². The molecule has 3 atom stereocenters. The molecule has 2 aromatic heterocycles. The SMILES string of the molecule is CC(NC(=O)[C@@H]1C[C@H]1c1nc2ccccc2[nH]1)c1ccc(C(=O)N2CCOCC2)s1. The highest BCUT2D eigenvalue weighted by atomic mass is 32.1. The van der Waals surface area contributed by atoms with Gasteiger partial charge in [-0.2, -0.15) is 0 Å². The van der Waals surface area contributed by atoms with Gasteiger partial charge in [-0.3, -0.25) is 9.59 Å². The molecule has 1 saturated carbocycles. The molecule has 2 fully saturated rings. The number of ether oxygens (including phenoxy) is 1. The van der Waals surface area contributed by atoms with E-state index in [0.29, 0.717) is 31.2 Å². The molecule has 2 aliphatic rings. The van der Waals surface area contributed by atoms with Crippen molar-refractivity contribution in [2.45, 2.75) is 25.3 Å². The van der Waals surface area contributed by atoms with Gasteiger partial charge in [0, 0.05) is 29.8 Å². The fourth-order valence-corrected chi connectivity index (χ4v) is 4.93. The molecule has 2 N–H and O–H groups in total. The Balaban J connectivity index is 1.19. The van der Waals surface area contributed by atoms with Crippen molar-refractivity contribution in [1.82, 2.24) is 20.2 Å². The van der Waals surface area contributed by atoms with E-state index in [-0.39, 0.29) is 29.7 Å². The first-order chi connectivity index (χ1) is 14.6. The summed E-state index contributed by atoms with van der Waals surface area (Å²) >= 11 is 1.45. The number of amides is 2. The maximum atomic E-state index is 12.7. The van der Waals surface area contributed by atoms with Crippen LogP contribution in [0.5, 0.6) is 0 Å². The first-order valence-electron chi connectivity index (χ1n) is 10.3. The van der Waals surface area contributed by atoms with Crippen molar-refractivity contribution in [3.05, 3.63) is 52.0 Å². The van der Waals surface area contributed by atoms with Crippen LogP contribution in [-0.4, -0.2) is 53.0 Å². The Morgan fingerprint density at radius 1 is 1.23 bits per heavy atom. The minimum Gasteiger partial charge on any atom is -0.378 e. The molecule has 30 heavy (non-hydrogen) atoms. The molecule has 0 radical (unpaired) electrons. The zero-order valence-corrected chi connectivity index (χ0v) is 17.6. The van der Waals surface area contributed by atoms with Gasteiger partial charge < -0.3 is 19.9 Å². The summed E-state index contributed by atoms with van der Waals surface area (Å²) in [7, 11) is 0. The van der Waals surface area contributed by atoms with Crippen molar-refractivity contribution in [3.8, 4) is 0 Å². The Morgan fingerprint density at radius 2 is 2.03 bits per heavy atom. The number of nitrogens with one attached hydrogen (secondary N) is 2. The molecule has 7 nitrogen and oxygen atoms in total. The molecule has 0 bridgehead atoms. The van der Waals surface area contributed by atoms with Crippen LogP contribution in [0.3, 0.4) is 0 Å². The zero-order chi connectivity index (χ0) is 20.7. The highest BCUT2D eigenvalue weighted by Crippen LogP contribution is 2.47. The van der Waals surface area contributed by atoms with Gasteiger partial charge in [0.05, 0.1) is 35.2 Å². The quantitative estimate of drug-likeness (QED) is 0.659. The molecule has 1 aromatic carbocycles. The number of hydrogen-bond donors (Lipinski definition) is 2. The standard InChI is InChI=1S/C22H24N4O3S/c1-13(18-6-7-19(30-18)22(28)26-8-10-29-11-9-26)23-21(27)15-12-14(15)20-24-16-4-2-3-5-17(16)25-20/h2-7,13-15H,8-12H2,1H3,(H,23,27)(H,24,25)/t13?,14-,15-/m1/s1. The van der Waals surface area contributed by atoms with Crippen molar-refractivity contribution in [2.24, 2.45) is 5.92 Å². The van der Waals surface area contributed by atoms with Gasteiger partial charge >= 0.3 is 0 Å². The summed E-state index contributed by atoms with van der Waals surface area (Å²) in [6, 6.07) is 11.6. The maximum absolute atomic E-state index is 12.7. The van der Waals surface area contributed by atoms with Crippen molar-refractivity contribution in [3.63, 3.8) is 0 Å². The summed E-state index contributed by atoms with van der Waals surface area (Å²) in [4.78, 5) is 36.9. The first kappa shape index (κ1) is 19.3. The fraction of sp³-hybridized carbons (Fsp3) is 0.409. The smallest absolute Gasteiger partial charge is 0.264 e. The van der Waals surface area contributed by atoms with Gasteiger partial charge in [-0.05, 0) is 37.6 Å². The van der Waals surface area contributed by atoms with Gasteiger partial charge in [0.1, 0.15) is 5.82 Å². The zero-order valence-electron chi connectivity index (χ0n) is 16.8. The van der Waals surface area contributed by atoms with E-state index in [2.05, 4.69) is 15.3 Å². The second kappa shape index (κ2) is 7.85. The summed E-state index contributed by atoms with van der Waals surface area (Å²) in [5.41, 5.74) is 1.94. The van der Waals surface area contributed by atoms with Gasteiger partial charge in [-0.1, -0.05) is 12.1 Å². The number of aromatic nitrogens is 2. The molecule has 5 rings (SSSR count). The number of rotatable bonds is 5. The monoisotopic (exact) mass is 424 g/mol. The van der Waals surface area contributed by atoms with E-state index in [1.807, 2.05) is 48.2 Å². The fourth-order valence-electron chi connectivity index (χ4n) is 3.95. The van der Waals surface area contributed by atoms with E-state index < -0.39 is 0 Å². The molecule has 3 heterocycles. The molecular weight excluding hydrogens is 400 g/mol. The van der Waals surface area contributed by atoms with Crippen LogP contribution in [0.25, 0.3) is 11.0 Å². The number of benzene rings is 1. The van der Waals surface area contributed by atoms with Crippen LogP contribution < -0.4 is 5.32 Å². The number of carbonyl (C=O) groups is 2. The Kier molecular flexibility index (Phi) is 5.04. The van der Waals surface area contributed by atoms with Crippen molar-refractivity contribution in [1.29, 1.82) is 0 Å². The number of thiophene rings is 1. The van der Waals surface area contributed by atoms with Crippen molar-refractivity contribution in [2.75, 3.05) is 26.3 Å². The highest BCUT2D eigenvalue weighted by Gasteiger charge is 2.46. The molecule has 1 unspecified atom stereocenters. The maximum Gasteiger partial charge on any atom is 0.264 e. The summed E-state index contributed by atoms with van der Waals surface area (Å²) in [5.74, 6) is 1.06. The van der Waals surface area contributed by atoms with E-state index in [0.717, 1.165) is 28.2 Å². The lowest BCUT2D eigenvalue weighted by Gasteiger charge is -2.26. The minimum atomic E-state index is -0.134. The lowest BCUT2D eigenvalue weighted by Crippen LogP contribution is -2.40. The molecule has 3 aromatic rings. The third kappa shape index (κ3) is 3.73. The number of imidazole rings is 1. The summed E-state index contributed by atoms with van der Waals surface area (Å²) in [5, 5.41) is 3.11. The van der Waals surface area contributed by atoms with Gasteiger partial charge in [0.2, 0.25) is 5.91 Å². The predicted molar refractivity (Wildman–Crippen MR) is 115 cm³/mol.